The van der Waals surface area contributed by atoms with Crippen LogP contribution < -0.4 is 4.90 Å². The van der Waals surface area contributed by atoms with Crippen molar-refractivity contribution in [2.75, 3.05) is 11.9 Å². The maximum atomic E-state index is 13.9. The number of likely N-dealkylation sites (tertiary alicyclic amines) is 1. The first-order chi connectivity index (χ1) is 17.9. The molecule has 0 aromatic heterocycles. The molecule has 6 rings (SSSR count). The van der Waals surface area contributed by atoms with Crippen LogP contribution in [-0.2, 0) is 19.2 Å². The van der Waals surface area contributed by atoms with Crippen LogP contribution in [-0.4, -0.2) is 50.4 Å². The van der Waals surface area contributed by atoms with Crippen molar-refractivity contribution in [3.8, 4) is 5.75 Å². The summed E-state index contributed by atoms with van der Waals surface area (Å²) in [6.45, 7) is 0. The van der Waals surface area contributed by atoms with Gasteiger partial charge in [0.1, 0.15) is 5.75 Å². The van der Waals surface area contributed by atoms with Crippen molar-refractivity contribution in [1.29, 1.82) is 0 Å². The molecule has 1 N–H and O–H groups in total. The molecule has 0 unspecified atom stereocenters. The number of fused-ring (bicyclic) bond motifs is 4. The number of alkyl halides is 2. The van der Waals surface area contributed by atoms with Gasteiger partial charge in [0, 0.05) is 22.5 Å². The van der Waals surface area contributed by atoms with E-state index in [0.29, 0.717) is 16.8 Å². The summed E-state index contributed by atoms with van der Waals surface area (Å²) in [5, 5.41) is 10.1. The highest BCUT2D eigenvalue weighted by Gasteiger charge is 2.76. The molecule has 2 aliphatic heterocycles. The number of anilines is 1. The van der Waals surface area contributed by atoms with Crippen molar-refractivity contribution in [1.82, 2.24) is 4.90 Å². The Morgan fingerprint density at radius 3 is 2.32 bits per heavy atom. The second-order valence-electron chi connectivity index (χ2n) is 10.2. The standard InChI is InChI=1S/C27H20BrCl3N2O5/c1-32-24(37)26(30)11-18-15(21(27(26,31)25(32)38)16-7-6-14(34)10-19(16)29)8-9-17-20(18)23(36)33(22(17)35)13-4-2-12(28)3-5-13/h2-8,10,17-18,20-21,34H,9,11H2,1H3/t17-,18+,20-,21+,26+,27-/m0/s1. The Kier molecular flexibility index (Phi) is 5.82. The number of amides is 4. The number of hydrogen-bond donors (Lipinski definition) is 1. The highest BCUT2D eigenvalue weighted by molar-refractivity contribution is 9.10. The van der Waals surface area contributed by atoms with E-state index in [1.54, 1.807) is 30.3 Å². The molecule has 7 nitrogen and oxygen atoms in total. The lowest BCUT2D eigenvalue weighted by molar-refractivity contribution is -0.138. The summed E-state index contributed by atoms with van der Waals surface area (Å²) >= 11 is 24.2. The largest absolute Gasteiger partial charge is 0.508 e. The van der Waals surface area contributed by atoms with Crippen LogP contribution in [0.25, 0.3) is 0 Å². The zero-order chi connectivity index (χ0) is 27.3. The highest BCUT2D eigenvalue weighted by Crippen LogP contribution is 2.66. The second-order valence-corrected chi connectivity index (χ2v) is 12.8. The fourth-order valence-corrected chi connectivity index (χ4v) is 8.24. The third-order valence-electron chi connectivity index (χ3n) is 8.39. The van der Waals surface area contributed by atoms with Gasteiger partial charge in [-0.05, 0) is 60.7 Å². The van der Waals surface area contributed by atoms with Gasteiger partial charge in [0.2, 0.25) is 11.8 Å². The Hall–Kier alpha value is -2.39. The first-order valence-electron chi connectivity index (χ1n) is 11.9. The van der Waals surface area contributed by atoms with Gasteiger partial charge in [0.25, 0.3) is 11.8 Å². The number of carbonyl (C=O) groups excluding carboxylic acids is 4. The molecular formula is C27H20BrCl3N2O5. The summed E-state index contributed by atoms with van der Waals surface area (Å²) in [4.78, 5) is 52.7. The van der Waals surface area contributed by atoms with E-state index < -0.39 is 45.2 Å². The van der Waals surface area contributed by atoms with Crippen LogP contribution in [0.3, 0.4) is 0 Å². The third kappa shape index (κ3) is 3.20. The van der Waals surface area contributed by atoms with Crippen LogP contribution in [0.15, 0.2) is 58.6 Å². The van der Waals surface area contributed by atoms with Crippen molar-refractivity contribution in [2.24, 2.45) is 17.8 Å². The average molecular weight is 639 g/mol. The second kappa shape index (κ2) is 8.55. The van der Waals surface area contributed by atoms with E-state index in [1.165, 1.54) is 24.1 Å². The number of halogens is 4. The van der Waals surface area contributed by atoms with Crippen LogP contribution in [0.5, 0.6) is 5.75 Å². The normalized spacial score (nSPS) is 34.3. The fraction of sp³-hybridized carbons (Fsp3) is 0.333. The molecule has 11 heteroatoms. The zero-order valence-electron chi connectivity index (χ0n) is 19.8. The Bertz CT molecular complexity index is 1480. The number of aromatic hydroxyl groups is 1. The highest BCUT2D eigenvalue weighted by atomic mass is 79.9. The SMILES string of the molecule is CN1C(=O)[C@]2(Cl)C[C@@H]3C(=CC[C@@H]4C(=O)N(c5ccc(Br)cc5)C(=O)[C@@H]43)[C@H](c3ccc(O)cc3Cl)[C@]2(Cl)C1=O. The van der Waals surface area contributed by atoms with Gasteiger partial charge in [0.05, 0.1) is 17.5 Å². The number of nitrogens with zero attached hydrogens (tertiary/aromatic N) is 2. The van der Waals surface area contributed by atoms with Gasteiger partial charge < -0.3 is 5.11 Å². The lowest BCUT2D eigenvalue weighted by atomic mass is 9.56. The van der Waals surface area contributed by atoms with Gasteiger partial charge in [-0.25, -0.2) is 0 Å². The van der Waals surface area contributed by atoms with Crippen LogP contribution >= 0.6 is 50.7 Å². The number of benzene rings is 2. The maximum absolute atomic E-state index is 13.9. The lowest BCUT2D eigenvalue weighted by Gasteiger charge is -2.51. The monoisotopic (exact) mass is 636 g/mol. The van der Waals surface area contributed by atoms with Crippen LogP contribution in [0.2, 0.25) is 5.02 Å². The summed E-state index contributed by atoms with van der Waals surface area (Å²) in [6, 6.07) is 11.2. The van der Waals surface area contributed by atoms with Gasteiger partial charge in [0.15, 0.2) is 9.75 Å². The smallest absolute Gasteiger partial charge is 0.253 e. The van der Waals surface area contributed by atoms with Crippen molar-refractivity contribution in [3.63, 3.8) is 0 Å². The number of imide groups is 2. The summed E-state index contributed by atoms with van der Waals surface area (Å²) in [7, 11) is 1.33. The molecule has 0 spiro atoms. The van der Waals surface area contributed by atoms with Crippen LogP contribution in [0, 0.1) is 17.8 Å². The molecule has 0 bridgehead atoms. The molecule has 196 valence electrons. The molecule has 4 amide bonds. The van der Waals surface area contributed by atoms with Crippen molar-refractivity contribution >= 4 is 80.0 Å². The van der Waals surface area contributed by atoms with Crippen molar-refractivity contribution in [3.05, 3.63) is 69.2 Å². The third-order valence-corrected chi connectivity index (χ3v) is 10.7. The number of rotatable bonds is 2. The van der Waals surface area contributed by atoms with E-state index in [-0.39, 0.29) is 35.4 Å². The minimum absolute atomic E-state index is 0.0859. The molecule has 2 aromatic rings. The maximum Gasteiger partial charge on any atom is 0.253 e. The Morgan fingerprint density at radius 2 is 1.66 bits per heavy atom. The van der Waals surface area contributed by atoms with Gasteiger partial charge in [-0.15, -0.1) is 23.2 Å². The van der Waals surface area contributed by atoms with E-state index in [2.05, 4.69) is 15.9 Å². The summed E-state index contributed by atoms with van der Waals surface area (Å²) in [5.41, 5.74) is 1.49. The van der Waals surface area contributed by atoms with Crippen molar-refractivity contribution < 1.29 is 24.3 Å². The van der Waals surface area contributed by atoms with Crippen molar-refractivity contribution in [2.45, 2.75) is 28.5 Å². The first kappa shape index (κ1) is 25.9. The molecular weight excluding hydrogens is 619 g/mol. The van der Waals surface area contributed by atoms with Gasteiger partial charge in [-0.1, -0.05) is 45.2 Å². The number of allylic oxidation sites excluding steroid dienone is 2. The quantitative estimate of drug-likeness (QED) is 0.284. The molecule has 6 atom stereocenters. The predicted molar refractivity (Wildman–Crippen MR) is 145 cm³/mol. The Labute approximate surface area is 241 Å². The van der Waals surface area contributed by atoms with Gasteiger partial charge in [-0.3, -0.25) is 29.0 Å². The summed E-state index contributed by atoms with van der Waals surface area (Å²) in [6.07, 6.45) is 1.99. The number of phenols is 1. The minimum Gasteiger partial charge on any atom is -0.508 e. The zero-order valence-corrected chi connectivity index (χ0v) is 23.7. The molecule has 4 aliphatic rings. The molecule has 2 aromatic carbocycles. The number of carbonyl (C=O) groups is 4. The van der Waals surface area contributed by atoms with Gasteiger partial charge >= 0.3 is 0 Å². The first-order valence-corrected chi connectivity index (χ1v) is 13.9. The van der Waals surface area contributed by atoms with Crippen LogP contribution in [0.4, 0.5) is 5.69 Å². The predicted octanol–water partition coefficient (Wildman–Crippen LogP) is 5.00. The molecule has 38 heavy (non-hydrogen) atoms. The number of hydrogen-bond acceptors (Lipinski definition) is 5. The van der Waals surface area contributed by atoms with E-state index in [9.17, 15) is 24.3 Å². The van der Waals surface area contributed by atoms with E-state index in [1.807, 2.05) is 6.08 Å². The van der Waals surface area contributed by atoms with E-state index >= 15 is 0 Å². The molecule has 2 heterocycles. The van der Waals surface area contributed by atoms with Crippen LogP contribution in [0.1, 0.15) is 24.3 Å². The molecule has 1 saturated carbocycles. The topological polar surface area (TPSA) is 95.0 Å². The molecule has 0 radical (unpaired) electrons. The molecule has 3 fully saturated rings. The Morgan fingerprint density at radius 1 is 0.974 bits per heavy atom. The molecule has 2 aliphatic carbocycles. The average Bonchev–Trinajstić information content (AvgIpc) is 3.20. The summed E-state index contributed by atoms with van der Waals surface area (Å²) in [5.74, 6) is -5.19. The van der Waals surface area contributed by atoms with Gasteiger partial charge in [-0.2, -0.15) is 0 Å². The fourth-order valence-electron chi connectivity index (χ4n) is 6.68. The van der Waals surface area contributed by atoms with E-state index in [0.717, 1.165) is 9.37 Å². The Balaban J connectivity index is 1.52. The number of phenolic OH excluding ortho intramolecular Hbond substituents is 1. The minimum atomic E-state index is -1.92. The lowest BCUT2D eigenvalue weighted by Crippen LogP contribution is -2.60. The summed E-state index contributed by atoms with van der Waals surface area (Å²) < 4.78 is 0.804. The molecule has 2 saturated heterocycles. The van der Waals surface area contributed by atoms with E-state index in [4.69, 9.17) is 34.8 Å².